The van der Waals surface area contributed by atoms with Crippen LogP contribution in [-0.2, 0) is 0 Å². The summed E-state index contributed by atoms with van der Waals surface area (Å²) in [4.78, 5) is 17.2. The Morgan fingerprint density at radius 2 is 2.19 bits per heavy atom. The summed E-state index contributed by atoms with van der Waals surface area (Å²) in [6.45, 7) is 0. The Hall–Kier alpha value is -3.40. The van der Waals surface area contributed by atoms with Crippen LogP contribution in [0, 0.1) is 11.3 Å². The third kappa shape index (κ3) is 1.50. The molecule has 3 heterocycles. The fourth-order valence-electron chi connectivity index (χ4n) is 2.31. The molecule has 1 aliphatic carbocycles. The zero-order valence-electron chi connectivity index (χ0n) is 10.7. The molecular weight excluding hydrogens is 268 g/mol. The molecule has 0 unspecified atom stereocenters. The Bertz CT molecular complexity index is 1010. The van der Waals surface area contributed by atoms with E-state index >= 15 is 0 Å². The van der Waals surface area contributed by atoms with E-state index in [1.807, 2.05) is 24.3 Å². The second-order valence-electron chi connectivity index (χ2n) is 4.57. The van der Waals surface area contributed by atoms with Gasteiger partial charge in [-0.05, 0) is 5.57 Å². The van der Waals surface area contributed by atoms with Gasteiger partial charge >= 0.3 is 0 Å². The maximum absolute atomic E-state index is 12.7. The van der Waals surface area contributed by atoms with E-state index in [4.69, 9.17) is 5.26 Å². The fourth-order valence-corrected chi connectivity index (χ4v) is 2.31. The summed E-state index contributed by atoms with van der Waals surface area (Å²) in [5, 5.41) is 18.5. The van der Waals surface area contributed by atoms with Crippen LogP contribution >= 0.6 is 0 Å². The molecule has 0 saturated carbocycles. The maximum atomic E-state index is 12.7. The molecule has 4 rings (SSSR count). The van der Waals surface area contributed by atoms with E-state index in [0.717, 1.165) is 5.57 Å². The lowest BCUT2D eigenvalue weighted by molar-refractivity contribution is 0.896. The van der Waals surface area contributed by atoms with Crippen molar-refractivity contribution in [2.75, 3.05) is 0 Å². The highest BCUT2D eigenvalue weighted by Crippen LogP contribution is 2.28. The highest BCUT2D eigenvalue weighted by atomic mass is 16.1. The summed E-state index contributed by atoms with van der Waals surface area (Å²) in [6.07, 6.45) is 10.3. The van der Waals surface area contributed by atoms with Crippen molar-refractivity contribution >= 4 is 11.2 Å². The highest BCUT2D eigenvalue weighted by Gasteiger charge is 2.21. The van der Waals surface area contributed by atoms with E-state index in [1.165, 1.54) is 10.7 Å². The van der Waals surface area contributed by atoms with Crippen LogP contribution in [0.15, 0.2) is 41.6 Å². The number of rotatable bonds is 2. The van der Waals surface area contributed by atoms with E-state index in [0.29, 0.717) is 28.0 Å². The van der Waals surface area contributed by atoms with Gasteiger partial charge in [0.1, 0.15) is 11.6 Å². The molecular formula is C14H8N6O. The number of allylic oxidation sites excluding steroid dienone is 4. The number of nitrogens with zero attached hydrogens (tertiary/aromatic N) is 4. The van der Waals surface area contributed by atoms with Gasteiger partial charge in [-0.1, -0.05) is 18.2 Å². The van der Waals surface area contributed by atoms with Crippen molar-refractivity contribution in [1.29, 1.82) is 5.26 Å². The van der Waals surface area contributed by atoms with Gasteiger partial charge in [-0.2, -0.15) is 14.9 Å². The van der Waals surface area contributed by atoms with E-state index in [2.05, 4.69) is 20.3 Å². The quantitative estimate of drug-likeness (QED) is 0.734. The molecule has 0 spiro atoms. The molecule has 0 bridgehead atoms. The van der Waals surface area contributed by atoms with Crippen molar-refractivity contribution in [2.45, 2.75) is 0 Å². The van der Waals surface area contributed by atoms with E-state index in [-0.39, 0.29) is 5.56 Å². The van der Waals surface area contributed by atoms with E-state index in [9.17, 15) is 4.79 Å². The monoisotopic (exact) mass is 276 g/mol. The van der Waals surface area contributed by atoms with Gasteiger partial charge in [-0.15, -0.1) is 0 Å². The summed E-state index contributed by atoms with van der Waals surface area (Å²) in [6, 6.07) is 2.02. The standard InChI is InChI=1S/C14H8N6O/c15-4-9-7-18-20-13(9)19-12(10-5-16-17-6-10)11(14(20)21)8-2-1-3-8/h1-3,5-7,18H,(H,16,17). The Labute approximate surface area is 117 Å². The van der Waals surface area contributed by atoms with Crippen LogP contribution in [-0.4, -0.2) is 24.8 Å². The number of aromatic amines is 2. The lowest BCUT2D eigenvalue weighted by Gasteiger charge is -2.11. The minimum Gasteiger partial charge on any atom is -0.295 e. The number of hydrogen-bond donors (Lipinski definition) is 2. The fraction of sp³-hybridized carbons (Fsp3) is 0. The molecule has 21 heavy (non-hydrogen) atoms. The Morgan fingerprint density at radius 3 is 2.81 bits per heavy atom. The molecule has 3 aromatic rings. The van der Waals surface area contributed by atoms with Gasteiger partial charge in [0.25, 0.3) is 5.56 Å². The summed E-state index contributed by atoms with van der Waals surface area (Å²) in [7, 11) is 0. The predicted molar refractivity (Wildman–Crippen MR) is 75.2 cm³/mol. The molecule has 3 aromatic heterocycles. The zero-order valence-corrected chi connectivity index (χ0v) is 10.7. The topological polar surface area (TPSA) is 103 Å². The van der Waals surface area contributed by atoms with Crippen LogP contribution in [0.2, 0.25) is 0 Å². The molecule has 7 nitrogen and oxygen atoms in total. The first-order chi connectivity index (χ1) is 10.3. The van der Waals surface area contributed by atoms with Crippen molar-refractivity contribution < 1.29 is 0 Å². The minimum absolute atomic E-state index is 0.242. The molecule has 0 atom stereocenters. The van der Waals surface area contributed by atoms with Crippen LogP contribution in [0.25, 0.3) is 22.5 Å². The minimum atomic E-state index is -0.242. The van der Waals surface area contributed by atoms with E-state index < -0.39 is 0 Å². The number of nitrogens with one attached hydrogen (secondary N) is 2. The van der Waals surface area contributed by atoms with Gasteiger partial charge in [0.05, 0.1) is 17.5 Å². The Balaban J connectivity index is 2.14. The lowest BCUT2D eigenvalue weighted by Crippen LogP contribution is -2.21. The molecule has 0 saturated heterocycles. The Morgan fingerprint density at radius 1 is 1.33 bits per heavy atom. The first-order valence-corrected chi connectivity index (χ1v) is 6.21. The normalized spacial score (nSPS) is 13.0. The third-order valence-corrected chi connectivity index (χ3v) is 3.39. The van der Waals surface area contributed by atoms with Crippen molar-refractivity contribution in [3.8, 4) is 17.3 Å². The second-order valence-corrected chi connectivity index (χ2v) is 4.57. The van der Waals surface area contributed by atoms with Crippen LogP contribution < -0.4 is 5.56 Å². The van der Waals surface area contributed by atoms with Gasteiger partial charge in [0, 0.05) is 18.0 Å². The van der Waals surface area contributed by atoms with Gasteiger partial charge in [-0.3, -0.25) is 15.0 Å². The van der Waals surface area contributed by atoms with Crippen LogP contribution in [0.4, 0.5) is 0 Å². The molecule has 1 aliphatic rings. The molecule has 0 aromatic carbocycles. The Kier molecular flexibility index (Phi) is 2.20. The number of nitriles is 1. The summed E-state index contributed by atoms with van der Waals surface area (Å²) in [5.74, 6) is 0. The molecule has 0 fully saturated rings. The molecule has 0 amide bonds. The summed E-state index contributed by atoms with van der Waals surface area (Å²) >= 11 is 0. The first kappa shape index (κ1) is 11.4. The number of H-pyrrole nitrogens is 2. The third-order valence-electron chi connectivity index (χ3n) is 3.39. The van der Waals surface area contributed by atoms with Crippen LogP contribution in [0.1, 0.15) is 11.1 Å². The van der Waals surface area contributed by atoms with Crippen LogP contribution in [0.3, 0.4) is 0 Å². The predicted octanol–water partition coefficient (Wildman–Crippen LogP) is 1.24. The second kappa shape index (κ2) is 4.05. The maximum Gasteiger partial charge on any atom is 0.281 e. The van der Waals surface area contributed by atoms with Crippen molar-refractivity contribution in [3.63, 3.8) is 0 Å². The zero-order chi connectivity index (χ0) is 14.4. The number of fused-ring (bicyclic) bond motifs is 1. The largest absolute Gasteiger partial charge is 0.295 e. The van der Waals surface area contributed by atoms with E-state index in [1.54, 1.807) is 12.4 Å². The number of hydrogen-bond acceptors (Lipinski definition) is 4. The number of aromatic nitrogens is 5. The first-order valence-electron chi connectivity index (χ1n) is 6.21. The summed E-state index contributed by atoms with van der Waals surface area (Å²) < 4.78 is 1.28. The van der Waals surface area contributed by atoms with Crippen molar-refractivity contribution in [3.05, 3.63) is 58.3 Å². The van der Waals surface area contributed by atoms with Gasteiger partial charge < -0.3 is 0 Å². The average Bonchev–Trinajstić information content (AvgIpc) is 3.07. The van der Waals surface area contributed by atoms with Gasteiger partial charge in [0.15, 0.2) is 5.65 Å². The van der Waals surface area contributed by atoms with Gasteiger partial charge in [0.2, 0.25) is 0 Å². The molecule has 0 radical (unpaired) electrons. The molecule has 2 N–H and O–H groups in total. The van der Waals surface area contributed by atoms with Crippen LogP contribution in [0.5, 0.6) is 0 Å². The highest BCUT2D eigenvalue weighted by molar-refractivity contribution is 5.88. The smallest absolute Gasteiger partial charge is 0.281 e. The molecule has 0 aliphatic heterocycles. The SMILES string of the molecule is N#Cc1c[nH]n2c(=O)c(C3=CC=C3)c(-c3cn[nH]c3)nc12. The van der Waals surface area contributed by atoms with Crippen molar-refractivity contribution in [1.82, 2.24) is 24.8 Å². The molecule has 100 valence electrons. The molecule has 7 heteroatoms. The van der Waals surface area contributed by atoms with Crippen molar-refractivity contribution in [2.24, 2.45) is 0 Å². The lowest BCUT2D eigenvalue weighted by atomic mass is 9.97. The summed E-state index contributed by atoms with van der Waals surface area (Å²) in [5.41, 5.74) is 2.91. The van der Waals surface area contributed by atoms with Gasteiger partial charge in [-0.25, -0.2) is 4.98 Å². The average molecular weight is 276 g/mol.